The average molecular weight is 357 g/mol. The number of Topliss-reactive ketones (excluding diaryl/α,β-unsaturated/α-hetero) is 1. The van der Waals surface area contributed by atoms with Gasteiger partial charge in [-0.05, 0) is 69.2 Å². The third-order valence-corrected chi connectivity index (χ3v) is 6.70. The van der Waals surface area contributed by atoms with Crippen molar-refractivity contribution < 1.29 is 19.8 Å². The number of carbonyl (C=O) groups is 2. The number of allylic oxidation sites excluding steroid dienone is 4. The average Bonchev–Trinajstić information content (AvgIpc) is 3.43. The van der Waals surface area contributed by atoms with Crippen molar-refractivity contribution in [3.63, 3.8) is 0 Å². The highest BCUT2D eigenvalue weighted by molar-refractivity contribution is 6.05. The largest absolute Gasteiger partial charge is 0.504 e. The predicted octanol–water partition coefficient (Wildman–Crippen LogP) is 2.33. The normalized spacial score (nSPS) is 34.0. The zero-order valence-electron chi connectivity index (χ0n) is 15.3. The monoisotopic (exact) mass is 357 g/mol. The molecule has 0 saturated heterocycles. The number of nitrogens with zero attached hydrogens (tertiary/aromatic N) is 1. The molecule has 0 aliphatic heterocycles. The first-order valence-corrected chi connectivity index (χ1v) is 9.69. The molecule has 0 spiro atoms. The van der Waals surface area contributed by atoms with Crippen molar-refractivity contribution in [2.24, 2.45) is 17.3 Å². The van der Waals surface area contributed by atoms with Crippen molar-refractivity contribution in [1.82, 2.24) is 4.90 Å². The molecule has 0 aromatic carbocycles. The summed E-state index contributed by atoms with van der Waals surface area (Å²) in [7, 11) is 2.07. The van der Waals surface area contributed by atoms with Crippen LogP contribution in [0.2, 0.25) is 0 Å². The maximum atomic E-state index is 12.5. The Hall–Kier alpha value is -1.72. The molecule has 0 aromatic heterocycles. The van der Waals surface area contributed by atoms with Crippen LogP contribution in [0.15, 0.2) is 35.1 Å². The van der Waals surface area contributed by atoms with E-state index in [1.807, 2.05) is 6.08 Å². The third kappa shape index (κ3) is 2.78. The fourth-order valence-corrected chi connectivity index (χ4v) is 5.08. The van der Waals surface area contributed by atoms with Gasteiger partial charge >= 0.3 is 0 Å². The summed E-state index contributed by atoms with van der Waals surface area (Å²) in [4.78, 5) is 26.9. The van der Waals surface area contributed by atoms with Gasteiger partial charge in [-0.15, -0.1) is 0 Å². The van der Waals surface area contributed by atoms with E-state index in [2.05, 4.69) is 11.9 Å². The van der Waals surface area contributed by atoms with Crippen LogP contribution in [0.1, 0.15) is 38.5 Å². The molecule has 2 N–H and O–H groups in total. The lowest BCUT2D eigenvalue weighted by Crippen LogP contribution is -2.54. The first-order chi connectivity index (χ1) is 12.4. The van der Waals surface area contributed by atoms with Gasteiger partial charge in [-0.1, -0.05) is 12.2 Å². The van der Waals surface area contributed by atoms with Crippen LogP contribution < -0.4 is 0 Å². The second-order valence-corrected chi connectivity index (χ2v) is 8.42. The van der Waals surface area contributed by atoms with Crippen LogP contribution >= 0.6 is 0 Å². The predicted molar refractivity (Wildman–Crippen MR) is 97.5 cm³/mol. The molecule has 26 heavy (non-hydrogen) atoms. The molecule has 2 fully saturated rings. The standard InChI is InChI=1S/C21H27NO4/c1-22(12-13-2-3-13)11-10-21-15(7-9-17(24)20(21)26)6-4-14-5-8-16(23)19(25)18(14)21/h4-5,8,13,15,20,25-26H,2-3,6-7,9-12H2,1H3. The molecular formula is C21H27NO4. The summed E-state index contributed by atoms with van der Waals surface area (Å²) in [6, 6.07) is 0. The van der Waals surface area contributed by atoms with Crippen molar-refractivity contribution in [1.29, 1.82) is 0 Å². The number of carbonyl (C=O) groups excluding carboxylic acids is 2. The molecule has 5 heteroatoms. The number of aliphatic hydroxyl groups is 2. The van der Waals surface area contributed by atoms with E-state index in [9.17, 15) is 19.8 Å². The third-order valence-electron chi connectivity index (χ3n) is 6.70. The number of rotatable bonds is 5. The van der Waals surface area contributed by atoms with Crippen molar-refractivity contribution >= 4 is 11.6 Å². The Kier molecular flexibility index (Phi) is 4.40. The molecule has 4 rings (SSSR count). The van der Waals surface area contributed by atoms with E-state index >= 15 is 0 Å². The minimum Gasteiger partial charge on any atom is -0.504 e. The molecule has 0 bridgehead atoms. The molecule has 2 saturated carbocycles. The van der Waals surface area contributed by atoms with Crippen molar-refractivity contribution in [3.05, 3.63) is 35.1 Å². The first-order valence-electron chi connectivity index (χ1n) is 9.69. The van der Waals surface area contributed by atoms with Gasteiger partial charge in [0.1, 0.15) is 6.10 Å². The molecule has 0 aromatic rings. The van der Waals surface area contributed by atoms with Crippen LogP contribution in [-0.4, -0.2) is 52.9 Å². The summed E-state index contributed by atoms with van der Waals surface area (Å²) < 4.78 is 0. The van der Waals surface area contributed by atoms with Crippen molar-refractivity contribution in [2.45, 2.75) is 44.6 Å². The van der Waals surface area contributed by atoms with E-state index in [4.69, 9.17) is 0 Å². The highest BCUT2D eigenvalue weighted by atomic mass is 16.3. The topological polar surface area (TPSA) is 77.8 Å². The van der Waals surface area contributed by atoms with Gasteiger partial charge in [0.05, 0.1) is 0 Å². The van der Waals surface area contributed by atoms with Gasteiger partial charge in [0.15, 0.2) is 11.5 Å². The van der Waals surface area contributed by atoms with Gasteiger partial charge < -0.3 is 15.1 Å². The van der Waals surface area contributed by atoms with Gasteiger partial charge in [-0.2, -0.15) is 0 Å². The second kappa shape index (κ2) is 6.46. The van der Waals surface area contributed by atoms with Crippen LogP contribution in [0, 0.1) is 17.3 Å². The van der Waals surface area contributed by atoms with E-state index in [0.717, 1.165) is 31.0 Å². The summed E-state index contributed by atoms with van der Waals surface area (Å²) in [5.74, 6) is -0.0602. The fraction of sp³-hybridized carbons (Fsp3) is 0.619. The zero-order valence-corrected chi connectivity index (χ0v) is 15.3. The lowest BCUT2D eigenvalue weighted by molar-refractivity contribution is -0.142. The van der Waals surface area contributed by atoms with Crippen LogP contribution in [-0.2, 0) is 9.59 Å². The quantitative estimate of drug-likeness (QED) is 0.790. The summed E-state index contributed by atoms with van der Waals surface area (Å²) in [6.45, 7) is 1.76. The smallest absolute Gasteiger partial charge is 0.220 e. The van der Waals surface area contributed by atoms with Gasteiger partial charge in [0.2, 0.25) is 5.78 Å². The van der Waals surface area contributed by atoms with Gasteiger partial charge in [-0.25, -0.2) is 0 Å². The Labute approximate surface area is 154 Å². The Balaban J connectivity index is 1.72. The Morgan fingerprint density at radius 2 is 2.00 bits per heavy atom. The molecule has 0 amide bonds. The summed E-state index contributed by atoms with van der Waals surface area (Å²) in [6.07, 6.45) is 8.92. The lowest BCUT2D eigenvalue weighted by atomic mass is 9.53. The highest BCUT2D eigenvalue weighted by Gasteiger charge is 2.56. The van der Waals surface area contributed by atoms with Crippen LogP contribution in [0.3, 0.4) is 0 Å². The van der Waals surface area contributed by atoms with Crippen LogP contribution in [0.5, 0.6) is 0 Å². The van der Waals surface area contributed by atoms with Crippen molar-refractivity contribution in [3.8, 4) is 0 Å². The van der Waals surface area contributed by atoms with E-state index < -0.39 is 17.3 Å². The first kappa shape index (κ1) is 17.7. The summed E-state index contributed by atoms with van der Waals surface area (Å²) >= 11 is 0. The second-order valence-electron chi connectivity index (χ2n) is 8.42. The van der Waals surface area contributed by atoms with Gasteiger partial charge in [0, 0.05) is 24.0 Å². The fourth-order valence-electron chi connectivity index (χ4n) is 5.08. The minimum atomic E-state index is -1.16. The lowest BCUT2D eigenvalue weighted by Gasteiger charge is -2.51. The molecular weight excluding hydrogens is 330 g/mol. The molecule has 4 aliphatic rings. The molecule has 3 atom stereocenters. The summed E-state index contributed by atoms with van der Waals surface area (Å²) in [5, 5.41) is 21.6. The highest BCUT2D eigenvalue weighted by Crippen LogP contribution is 2.56. The van der Waals surface area contributed by atoms with E-state index in [0.29, 0.717) is 24.8 Å². The number of fused-ring (bicyclic) bond motifs is 3. The minimum absolute atomic E-state index is 0.0738. The van der Waals surface area contributed by atoms with Gasteiger partial charge in [-0.3, -0.25) is 9.59 Å². The summed E-state index contributed by atoms with van der Waals surface area (Å²) in [5.41, 5.74) is 0.431. The Morgan fingerprint density at radius 1 is 1.23 bits per heavy atom. The molecule has 0 radical (unpaired) electrons. The van der Waals surface area contributed by atoms with Gasteiger partial charge in [0.25, 0.3) is 0 Å². The van der Waals surface area contributed by atoms with E-state index in [1.54, 1.807) is 6.08 Å². The Morgan fingerprint density at radius 3 is 2.73 bits per heavy atom. The maximum absolute atomic E-state index is 12.5. The molecule has 5 nitrogen and oxygen atoms in total. The Bertz CT molecular complexity index is 730. The molecule has 3 unspecified atom stereocenters. The zero-order chi connectivity index (χ0) is 18.5. The molecule has 140 valence electrons. The van der Waals surface area contributed by atoms with Crippen molar-refractivity contribution in [2.75, 3.05) is 20.1 Å². The number of hydrogen-bond acceptors (Lipinski definition) is 5. The number of ketones is 2. The molecule has 0 heterocycles. The number of aliphatic hydroxyl groups excluding tert-OH is 2. The SMILES string of the molecule is CN(CCC12C3=C(O)C(=O)C=CC3=CCC1CCC(=O)C2O)CC1CC1. The number of hydrogen-bond donors (Lipinski definition) is 2. The van der Waals surface area contributed by atoms with E-state index in [-0.39, 0.29) is 17.5 Å². The maximum Gasteiger partial charge on any atom is 0.220 e. The van der Waals surface area contributed by atoms with E-state index in [1.165, 1.54) is 18.9 Å². The van der Waals surface area contributed by atoms with Crippen LogP contribution in [0.4, 0.5) is 0 Å². The van der Waals surface area contributed by atoms with Crippen LogP contribution in [0.25, 0.3) is 0 Å². The molecule has 4 aliphatic carbocycles.